The number of imidazole rings is 1. The van der Waals surface area contributed by atoms with Gasteiger partial charge in [0.1, 0.15) is 18.5 Å². The second-order valence-corrected chi connectivity index (χ2v) is 7.69. The molecule has 1 aliphatic heterocycles. The summed E-state index contributed by atoms with van der Waals surface area (Å²) < 4.78 is 8.72. The third-order valence-electron chi connectivity index (χ3n) is 5.45. The summed E-state index contributed by atoms with van der Waals surface area (Å²) in [5.41, 5.74) is -0.403. The Kier molecular flexibility index (Phi) is 5.89. The van der Waals surface area contributed by atoms with Gasteiger partial charge in [-0.3, -0.25) is 14.3 Å². The Labute approximate surface area is 173 Å². The molecule has 2 aromatic heterocycles. The van der Waals surface area contributed by atoms with E-state index in [-0.39, 0.29) is 18.7 Å². The minimum atomic E-state index is -0.857. The Morgan fingerprint density at radius 3 is 2.53 bits per heavy atom. The second-order valence-electron chi connectivity index (χ2n) is 7.69. The number of aliphatic hydroxyl groups excluding tert-OH is 1. The van der Waals surface area contributed by atoms with Crippen LogP contribution in [-0.4, -0.2) is 50.0 Å². The lowest BCUT2D eigenvalue weighted by Gasteiger charge is -2.23. The highest BCUT2D eigenvalue weighted by Crippen LogP contribution is 2.23. The number of benzene rings is 1. The maximum atomic E-state index is 12.6. The number of fused-ring (bicyclic) bond motifs is 1. The summed E-state index contributed by atoms with van der Waals surface area (Å²) in [5.74, 6) is 1.28. The standard InChI is InChI=1S/C21H27N5O4/c1-24-18-17(19(28)23-21(24)29)26(20(22-18)25-11-7-2-3-8-12-25)13-15(27)14-30-16-9-5-4-6-10-16/h4-6,9-10,15,27H,2-3,7-8,11-14H2,1H3,(H,23,28,29)/t15-/m0/s1. The number of aromatic nitrogens is 4. The molecule has 9 nitrogen and oxygen atoms in total. The first-order valence-corrected chi connectivity index (χ1v) is 10.3. The molecule has 9 heteroatoms. The van der Waals surface area contributed by atoms with Crippen LogP contribution in [0.1, 0.15) is 25.7 Å². The number of hydrogen-bond donors (Lipinski definition) is 2. The van der Waals surface area contributed by atoms with Crippen LogP contribution < -0.4 is 20.9 Å². The van der Waals surface area contributed by atoms with Crippen molar-refractivity contribution in [3.8, 4) is 5.75 Å². The fraction of sp³-hybridized carbons (Fsp3) is 0.476. The van der Waals surface area contributed by atoms with E-state index >= 15 is 0 Å². The molecule has 1 aromatic carbocycles. The maximum absolute atomic E-state index is 12.6. The zero-order valence-electron chi connectivity index (χ0n) is 17.1. The van der Waals surface area contributed by atoms with E-state index in [2.05, 4.69) is 14.9 Å². The van der Waals surface area contributed by atoms with Crippen molar-refractivity contribution in [2.75, 3.05) is 24.6 Å². The van der Waals surface area contributed by atoms with Crippen molar-refractivity contribution >= 4 is 17.1 Å². The number of H-pyrrole nitrogens is 1. The van der Waals surface area contributed by atoms with E-state index in [1.807, 2.05) is 30.3 Å². The third-order valence-corrected chi connectivity index (χ3v) is 5.45. The number of anilines is 1. The van der Waals surface area contributed by atoms with E-state index < -0.39 is 17.4 Å². The number of para-hydroxylation sites is 1. The Hall–Kier alpha value is -3.07. The number of aryl methyl sites for hydroxylation is 1. The van der Waals surface area contributed by atoms with Crippen molar-refractivity contribution in [3.63, 3.8) is 0 Å². The number of rotatable bonds is 6. The summed E-state index contributed by atoms with van der Waals surface area (Å²) in [6.45, 7) is 1.86. The van der Waals surface area contributed by atoms with Crippen LogP contribution in [0.4, 0.5) is 5.95 Å². The van der Waals surface area contributed by atoms with Gasteiger partial charge in [0.25, 0.3) is 5.56 Å². The molecule has 1 fully saturated rings. The number of nitrogens with zero attached hydrogens (tertiary/aromatic N) is 4. The van der Waals surface area contributed by atoms with Gasteiger partial charge in [0.2, 0.25) is 5.95 Å². The molecule has 3 heterocycles. The number of aliphatic hydroxyl groups is 1. The van der Waals surface area contributed by atoms with Gasteiger partial charge >= 0.3 is 5.69 Å². The smallest absolute Gasteiger partial charge is 0.329 e. The molecule has 1 aliphatic rings. The third kappa shape index (κ3) is 4.11. The molecule has 3 aromatic rings. The molecule has 0 saturated carbocycles. The van der Waals surface area contributed by atoms with Crippen LogP contribution in [0.3, 0.4) is 0 Å². The second kappa shape index (κ2) is 8.74. The average Bonchev–Trinajstić information content (AvgIpc) is 2.92. The molecular formula is C21H27N5O4. The normalized spacial score (nSPS) is 15.9. The predicted molar refractivity (Wildman–Crippen MR) is 114 cm³/mol. The van der Waals surface area contributed by atoms with Crippen molar-refractivity contribution in [3.05, 3.63) is 51.2 Å². The number of nitrogens with one attached hydrogen (secondary N) is 1. The first kappa shape index (κ1) is 20.2. The van der Waals surface area contributed by atoms with Crippen LogP contribution in [0.15, 0.2) is 39.9 Å². The van der Waals surface area contributed by atoms with Gasteiger partial charge in [-0.25, -0.2) is 4.79 Å². The quantitative estimate of drug-likeness (QED) is 0.630. The van der Waals surface area contributed by atoms with Gasteiger partial charge in [0, 0.05) is 20.1 Å². The largest absolute Gasteiger partial charge is 0.491 e. The first-order chi connectivity index (χ1) is 14.5. The van der Waals surface area contributed by atoms with Gasteiger partial charge in [-0.15, -0.1) is 0 Å². The van der Waals surface area contributed by atoms with E-state index in [9.17, 15) is 14.7 Å². The van der Waals surface area contributed by atoms with Crippen LogP contribution in [0.25, 0.3) is 11.2 Å². The van der Waals surface area contributed by atoms with E-state index in [4.69, 9.17) is 4.74 Å². The lowest BCUT2D eigenvalue weighted by Crippen LogP contribution is -2.32. The Morgan fingerprint density at radius 1 is 1.13 bits per heavy atom. The van der Waals surface area contributed by atoms with Gasteiger partial charge in [0.15, 0.2) is 11.2 Å². The van der Waals surface area contributed by atoms with Crippen LogP contribution in [0, 0.1) is 0 Å². The van der Waals surface area contributed by atoms with E-state index in [1.165, 1.54) is 4.57 Å². The fourth-order valence-electron chi connectivity index (χ4n) is 3.88. The minimum Gasteiger partial charge on any atom is -0.491 e. The summed E-state index contributed by atoms with van der Waals surface area (Å²) >= 11 is 0. The highest BCUT2D eigenvalue weighted by atomic mass is 16.5. The van der Waals surface area contributed by atoms with Crippen LogP contribution in [0.2, 0.25) is 0 Å². The molecule has 0 aliphatic carbocycles. The zero-order chi connectivity index (χ0) is 21.1. The fourth-order valence-corrected chi connectivity index (χ4v) is 3.88. The molecule has 0 spiro atoms. The van der Waals surface area contributed by atoms with Gasteiger partial charge in [-0.05, 0) is 25.0 Å². The summed E-state index contributed by atoms with van der Waals surface area (Å²) in [6, 6.07) is 9.26. The summed E-state index contributed by atoms with van der Waals surface area (Å²) in [4.78, 5) is 33.8. The van der Waals surface area contributed by atoms with Crippen molar-refractivity contribution in [1.29, 1.82) is 0 Å². The monoisotopic (exact) mass is 413 g/mol. The molecule has 0 unspecified atom stereocenters. The van der Waals surface area contributed by atoms with Crippen molar-refractivity contribution in [1.82, 2.24) is 19.1 Å². The van der Waals surface area contributed by atoms with Crippen molar-refractivity contribution in [2.24, 2.45) is 7.05 Å². The molecule has 1 saturated heterocycles. The van der Waals surface area contributed by atoms with Gasteiger partial charge in [0.05, 0.1) is 6.54 Å². The number of hydrogen-bond acceptors (Lipinski definition) is 6. The van der Waals surface area contributed by atoms with Crippen LogP contribution in [0.5, 0.6) is 5.75 Å². The minimum absolute atomic E-state index is 0.0762. The summed E-state index contributed by atoms with van der Waals surface area (Å²) in [6.07, 6.45) is 3.54. The zero-order valence-corrected chi connectivity index (χ0v) is 17.1. The molecular weight excluding hydrogens is 386 g/mol. The molecule has 2 N–H and O–H groups in total. The van der Waals surface area contributed by atoms with Crippen LogP contribution in [-0.2, 0) is 13.6 Å². The van der Waals surface area contributed by atoms with Crippen LogP contribution >= 0.6 is 0 Å². The molecule has 0 bridgehead atoms. The lowest BCUT2D eigenvalue weighted by molar-refractivity contribution is 0.0936. The van der Waals surface area contributed by atoms with E-state index in [0.29, 0.717) is 17.3 Å². The molecule has 0 amide bonds. The number of aromatic amines is 1. The Balaban J connectivity index is 1.68. The summed E-state index contributed by atoms with van der Waals surface area (Å²) in [5, 5.41) is 10.7. The van der Waals surface area contributed by atoms with E-state index in [0.717, 1.165) is 38.8 Å². The summed E-state index contributed by atoms with van der Waals surface area (Å²) in [7, 11) is 1.58. The highest BCUT2D eigenvalue weighted by molar-refractivity contribution is 5.74. The average molecular weight is 413 g/mol. The maximum Gasteiger partial charge on any atom is 0.329 e. The van der Waals surface area contributed by atoms with E-state index in [1.54, 1.807) is 11.6 Å². The molecule has 0 radical (unpaired) electrons. The SMILES string of the molecule is Cn1c(=O)[nH]c(=O)c2c1nc(N1CCCCCC1)n2C[C@H](O)COc1ccccc1. The predicted octanol–water partition coefficient (Wildman–Crippen LogP) is 1.24. The molecule has 30 heavy (non-hydrogen) atoms. The Bertz CT molecular complexity index is 1110. The lowest BCUT2D eigenvalue weighted by atomic mass is 10.2. The molecule has 1 atom stereocenters. The Morgan fingerprint density at radius 2 is 1.83 bits per heavy atom. The first-order valence-electron chi connectivity index (χ1n) is 10.3. The highest BCUT2D eigenvalue weighted by Gasteiger charge is 2.24. The van der Waals surface area contributed by atoms with Gasteiger partial charge in [-0.2, -0.15) is 4.98 Å². The molecule has 4 rings (SSSR count). The van der Waals surface area contributed by atoms with Crippen molar-refractivity contribution in [2.45, 2.75) is 38.3 Å². The molecule has 160 valence electrons. The van der Waals surface area contributed by atoms with Crippen molar-refractivity contribution < 1.29 is 9.84 Å². The van der Waals surface area contributed by atoms with Gasteiger partial charge < -0.3 is 19.3 Å². The topological polar surface area (TPSA) is 105 Å². The number of ether oxygens (including phenoxy) is 1. The van der Waals surface area contributed by atoms with Gasteiger partial charge in [-0.1, -0.05) is 31.0 Å².